The molecule has 0 aliphatic rings. The summed E-state index contributed by atoms with van der Waals surface area (Å²) in [4.78, 5) is 24.2. The predicted molar refractivity (Wildman–Crippen MR) is 114 cm³/mol. The van der Waals surface area contributed by atoms with Crippen molar-refractivity contribution in [2.24, 2.45) is 5.73 Å². The molecule has 0 saturated heterocycles. The summed E-state index contributed by atoms with van der Waals surface area (Å²) in [6, 6.07) is 17.2. The van der Waals surface area contributed by atoms with Crippen molar-refractivity contribution in [1.82, 2.24) is 9.78 Å². The number of furan rings is 1. The van der Waals surface area contributed by atoms with Gasteiger partial charge in [0, 0.05) is 22.3 Å². The third-order valence-electron chi connectivity index (χ3n) is 4.52. The monoisotopic (exact) mass is 420 g/mol. The minimum absolute atomic E-state index is 0.193. The van der Waals surface area contributed by atoms with Crippen molar-refractivity contribution in [2.45, 2.75) is 6.92 Å². The molecule has 150 valence electrons. The summed E-state index contributed by atoms with van der Waals surface area (Å²) < 4.78 is 7.10. The molecule has 2 aromatic carbocycles. The molecule has 0 aliphatic heterocycles. The third-order valence-corrected chi connectivity index (χ3v) is 4.75. The summed E-state index contributed by atoms with van der Waals surface area (Å²) in [6.07, 6.45) is 1.55. The van der Waals surface area contributed by atoms with E-state index in [-0.39, 0.29) is 5.69 Å². The van der Waals surface area contributed by atoms with Crippen LogP contribution in [0, 0.1) is 6.92 Å². The highest BCUT2D eigenvalue weighted by molar-refractivity contribution is 6.30. The molecule has 0 radical (unpaired) electrons. The average molecular weight is 421 g/mol. The number of nitrogens with zero attached hydrogens (tertiary/aromatic N) is 2. The zero-order valence-corrected chi connectivity index (χ0v) is 16.7. The van der Waals surface area contributed by atoms with Gasteiger partial charge in [-0.2, -0.15) is 5.10 Å². The number of hydrogen-bond donors (Lipinski definition) is 2. The standard InChI is InChI=1S/C22H17ClN4O3/c1-13-10-15(7-8-17(13)21(24)28)25-22(29)18-12-19(20-6-3-9-30-20)27(26-18)16-5-2-4-14(23)11-16/h2-12H,1H3,(H2,24,28)(H,25,29). The maximum Gasteiger partial charge on any atom is 0.276 e. The number of carbonyl (C=O) groups is 2. The first-order valence-corrected chi connectivity index (χ1v) is 9.42. The van der Waals surface area contributed by atoms with Crippen LogP contribution in [0.5, 0.6) is 0 Å². The highest BCUT2D eigenvalue weighted by atomic mass is 35.5. The summed E-state index contributed by atoms with van der Waals surface area (Å²) in [5.74, 6) is -0.369. The highest BCUT2D eigenvalue weighted by Gasteiger charge is 2.19. The molecule has 2 aromatic heterocycles. The minimum Gasteiger partial charge on any atom is -0.463 e. The number of anilines is 1. The number of nitrogens with two attached hydrogens (primary N) is 1. The van der Waals surface area contributed by atoms with Crippen LogP contribution >= 0.6 is 11.6 Å². The second-order valence-electron chi connectivity index (χ2n) is 6.63. The molecular formula is C22H17ClN4O3. The summed E-state index contributed by atoms with van der Waals surface area (Å²) in [6.45, 7) is 1.75. The fourth-order valence-corrected chi connectivity index (χ4v) is 3.29. The van der Waals surface area contributed by atoms with E-state index in [4.69, 9.17) is 21.8 Å². The summed E-state index contributed by atoms with van der Waals surface area (Å²) in [5.41, 5.74) is 8.41. The fourth-order valence-electron chi connectivity index (χ4n) is 3.11. The van der Waals surface area contributed by atoms with E-state index in [9.17, 15) is 9.59 Å². The van der Waals surface area contributed by atoms with Gasteiger partial charge in [-0.3, -0.25) is 9.59 Å². The van der Waals surface area contributed by atoms with Gasteiger partial charge in [-0.15, -0.1) is 0 Å². The maximum absolute atomic E-state index is 12.8. The zero-order valence-electron chi connectivity index (χ0n) is 15.9. The molecule has 0 spiro atoms. The number of nitrogens with one attached hydrogen (secondary N) is 1. The predicted octanol–water partition coefficient (Wildman–Crippen LogP) is 4.45. The van der Waals surface area contributed by atoms with Gasteiger partial charge in [-0.25, -0.2) is 4.68 Å². The quantitative estimate of drug-likeness (QED) is 0.498. The molecular weight excluding hydrogens is 404 g/mol. The topological polar surface area (TPSA) is 103 Å². The smallest absolute Gasteiger partial charge is 0.276 e. The summed E-state index contributed by atoms with van der Waals surface area (Å²) in [7, 11) is 0. The number of amides is 2. The Morgan fingerprint density at radius 2 is 1.93 bits per heavy atom. The number of rotatable bonds is 5. The lowest BCUT2D eigenvalue weighted by molar-refractivity contribution is 0.0997. The Hall–Kier alpha value is -3.84. The lowest BCUT2D eigenvalue weighted by Crippen LogP contribution is -2.15. The van der Waals surface area contributed by atoms with E-state index in [0.29, 0.717) is 39.0 Å². The van der Waals surface area contributed by atoms with E-state index >= 15 is 0 Å². The van der Waals surface area contributed by atoms with Gasteiger partial charge in [0.25, 0.3) is 5.91 Å². The molecule has 0 aliphatic carbocycles. The maximum atomic E-state index is 12.8. The number of aryl methyl sites for hydroxylation is 1. The van der Waals surface area contributed by atoms with Crippen molar-refractivity contribution in [3.63, 3.8) is 0 Å². The van der Waals surface area contributed by atoms with Crippen LogP contribution in [0.2, 0.25) is 5.02 Å². The van der Waals surface area contributed by atoms with Crippen LogP contribution in [0.1, 0.15) is 26.4 Å². The first kappa shape index (κ1) is 19.5. The first-order chi connectivity index (χ1) is 14.4. The molecule has 8 heteroatoms. The summed E-state index contributed by atoms with van der Waals surface area (Å²) >= 11 is 6.12. The number of benzene rings is 2. The van der Waals surface area contributed by atoms with Crippen molar-refractivity contribution in [3.8, 4) is 17.1 Å². The average Bonchev–Trinajstić information content (AvgIpc) is 3.37. The van der Waals surface area contributed by atoms with E-state index in [1.165, 1.54) is 0 Å². The number of halogens is 1. The Bertz CT molecular complexity index is 1250. The molecule has 0 saturated carbocycles. The van der Waals surface area contributed by atoms with Crippen LogP contribution in [0.3, 0.4) is 0 Å². The normalized spacial score (nSPS) is 10.7. The minimum atomic E-state index is -0.520. The lowest BCUT2D eigenvalue weighted by atomic mass is 10.1. The molecule has 2 heterocycles. The Labute approximate surface area is 177 Å². The van der Waals surface area contributed by atoms with Crippen molar-refractivity contribution < 1.29 is 14.0 Å². The van der Waals surface area contributed by atoms with Gasteiger partial charge >= 0.3 is 0 Å². The van der Waals surface area contributed by atoms with Crippen molar-refractivity contribution >= 4 is 29.1 Å². The second kappa shape index (κ2) is 7.88. The van der Waals surface area contributed by atoms with Crippen LogP contribution < -0.4 is 11.1 Å². The zero-order chi connectivity index (χ0) is 21.3. The number of aromatic nitrogens is 2. The van der Waals surface area contributed by atoms with Gasteiger partial charge in [-0.1, -0.05) is 17.7 Å². The molecule has 0 unspecified atom stereocenters. The van der Waals surface area contributed by atoms with E-state index < -0.39 is 11.8 Å². The second-order valence-corrected chi connectivity index (χ2v) is 7.07. The number of hydrogen-bond acceptors (Lipinski definition) is 4. The molecule has 4 rings (SSSR count). The Morgan fingerprint density at radius 3 is 2.60 bits per heavy atom. The Morgan fingerprint density at radius 1 is 1.10 bits per heavy atom. The fraction of sp³-hybridized carbons (Fsp3) is 0.0455. The van der Waals surface area contributed by atoms with Gasteiger partial charge in [0.15, 0.2) is 11.5 Å². The van der Waals surface area contributed by atoms with E-state index in [2.05, 4.69) is 10.4 Å². The van der Waals surface area contributed by atoms with Crippen molar-refractivity contribution in [3.05, 3.63) is 88.8 Å². The van der Waals surface area contributed by atoms with Gasteiger partial charge in [-0.05, 0) is 61.0 Å². The molecule has 7 nitrogen and oxygen atoms in total. The SMILES string of the molecule is Cc1cc(NC(=O)c2cc(-c3ccco3)n(-c3cccc(Cl)c3)n2)ccc1C(N)=O. The van der Waals surface area contributed by atoms with Crippen molar-refractivity contribution in [2.75, 3.05) is 5.32 Å². The van der Waals surface area contributed by atoms with Crippen LogP contribution in [0.25, 0.3) is 17.1 Å². The van der Waals surface area contributed by atoms with Crippen LogP contribution in [-0.2, 0) is 0 Å². The molecule has 0 fully saturated rings. The van der Waals surface area contributed by atoms with Gasteiger partial charge in [0.2, 0.25) is 5.91 Å². The van der Waals surface area contributed by atoms with Crippen LogP contribution in [0.15, 0.2) is 71.3 Å². The molecule has 0 bridgehead atoms. The lowest BCUT2D eigenvalue weighted by Gasteiger charge is -2.07. The summed E-state index contributed by atoms with van der Waals surface area (Å²) in [5, 5.41) is 7.79. The molecule has 4 aromatic rings. The van der Waals surface area contributed by atoms with Crippen LogP contribution in [-0.4, -0.2) is 21.6 Å². The third kappa shape index (κ3) is 3.83. The Balaban J connectivity index is 1.69. The van der Waals surface area contributed by atoms with Gasteiger partial charge in [0.05, 0.1) is 12.0 Å². The van der Waals surface area contributed by atoms with Gasteiger partial charge in [0.1, 0.15) is 5.69 Å². The molecule has 2 amide bonds. The molecule has 0 atom stereocenters. The molecule has 3 N–H and O–H groups in total. The first-order valence-electron chi connectivity index (χ1n) is 9.04. The molecule has 30 heavy (non-hydrogen) atoms. The van der Waals surface area contributed by atoms with Crippen LogP contribution in [0.4, 0.5) is 5.69 Å². The largest absolute Gasteiger partial charge is 0.463 e. The number of primary amides is 1. The van der Waals surface area contributed by atoms with E-state index in [1.54, 1.807) is 72.5 Å². The highest BCUT2D eigenvalue weighted by Crippen LogP contribution is 2.26. The van der Waals surface area contributed by atoms with E-state index in [0.717, 1.165) is 0 Å². The number of carbonyl (C=O) groups excluding carboxylic acids is 2. The van der Waals surface area contributed by atoms with Gasteiger partial charge < -0.3 is 15.5 Å². The van der Waals surface area contributed by atoms with Crippen molar-refractivity contribution in [1.29, 1.82) is 0 Å². The van der Waals surface area contributed by atoms with E-state index in [1.807, 2.05) is 6.07 Å². The Kier molecular flexibility index (Phi) is 5.12.